The fourth-order valence-electron chi connectivity index (χ4n) is 3.39. The molecule has 142 valence electrons. The lowest BCUT2D eigenvalue weighted by molar-refractivity contribution is 0.408. The van der Waals surface area contributed by atoms with Crippen molar-refractivity contribution >= 4 is 21.7 Å². The molecule has 0 radical (unpaired) electrons. The number of fused-ring (bicyclic) bond motifs is 1. The first-order valence-electron chi connectivity index (χ1n) is 8.80. The maximum atomic E-state index is 11.1. The van der Waals surface area contributed by atoms with Crippen LogP contribution in [0.5, 0.6) is 0 Å². The molecule has 1 saturated heterocycles. The van der Waals surface area contributed by atoms with E-state index in [0.717, 1.165) is 30.8 Å². The zero-order chi connectivity index (χ0) is 18.9. The lowest BCUT2D eigenvalue weighted by Crippen LogP contribution is -2.42. The fraction of sp³-hybridized carbons (Fsp3) is 0.353. The minimum absolute atomic E-state index is 0.184. The largest absolute Gasteiger partial charge is 0.355 e. The van der Waals surface area contributed by atoms with Crippen LogP contribution in [0.3, 0.4) is 0 Å². The Balaban J connectivity index is 1.58. The zero-order valence-electron chi connectivity index (χ0n) is 14.7. The van der Waals surface area contributed by atoms with Crippen LogP contribution in [-0.4, -0.2) is 47.9 Å². The van der Waals surface area contributed by atoms with Crippen molar-refractivity contribution in [2.75, 3.05) is 24.5 Å². The first-order valence-corrected chi connectivity index (χ1v) is 10.3. The lowest BCUT2D eigenvalue weighted by atomic mass is 9.98. The number of benzene rings is 1. The SMILES string of the molecule is NS(=O)(=O)NCC1CCCN(c2ccc3nnc(-c4ccccc4)n3n2)C1. The van der Waals surface area contributed by atoms with Crippen LogP contribution in [0.15, 0.2) is 42.5 Å². The van der Waals surface area contributed by atoms with Gasteiger partial charge in [-0.3, -0.25) is 0 Å². The van der Waals surface area contributed by atoms with E-state index in [9.17, 15) is 8.42 Å². The van der Waals surface area contributed by atoms with E-state index in [0.29, 0.717) is 24.6 Å². The quantitative estimate of drug-likeness (QED) is 0.668. The van der Waals surface area contributed by atoms with Crippen LogP contribution < -0.4 is 14.8 Å². The van der Waals surface area contributed by atoms with Gasteiger partial charge in [-0.25, -0.2) is 9.86 Å². The van der Waals surface area contributed by atoms with Gasteiger partial charge >= 0.3 is 0 Å². The van der Waals surface area contributed by atoms with Crippen molar-refractivity contribution in [2.45, 2.75) is 12.8 Å². The number of nitrogens with zero attached hydrogens (tertiary/aromatic N) is 5. The molecule has 10 heteroatoms. The molecule has 0 spiro atoms. The molecule has 2 aromatic heterocycles. The van der Waals surface area contributed by atoms with Gasteiger partial charge in [0.2, 0.25) is 0 Å². The Morgan fingerprint density at radius 2 is 1.96 bits per heavy atom. The average Bonchev–Trinajstić information content (AvgIpc) is 3.10. The zero-order valence-corrected chi connectivity index (χ0v) is 15.5. The molecular weight excluding hydrogens is 366 g/mol. The molecule has 0 amide bonds. The normalized spacial score (nSPS) is 18.1. The molecule has 3 heterocycles. The van der Waals surface area contributed by atoms with Crippen LogP contribution in [0.25, 0.3) is 17.0 Å². The highest BCUT2D eigenvalue weighted by atomic mass is 32.2. The van der Waals surface area contributed by atoms with Gasteiger partial charge in [-0.2, -0.15) is 12.9 Å². The molecule has 3 N–H and O–H groups in total. The van der Waals surface area contributed by atoms with E-state index in [1.807, 2.05) is 42.5 Å². The lowest BCUT2D eigenvalue weighted by Gasteiger charge is -2.33. The molecule has 1 unspecified atom stereocenters. The van der Waals surface area contributed by atoms with Crippen LogP contribution in [0, 0.1) is 5.92 Å². The molecule has 1 atom stereocenters. The molecule has 0 saturated carbocycles. The third-order valence-electron chi connectivity index (χ3n) is 4.70. The number of rotatable bonds is 5. The summed E-state index contributed by atoms with van der Waals surface area (Å²) in [7, 11) is -3.67. The molecule has 1 aromatic carbocycles. The molecule has 27 heavy (non-hydrogen) atoms. The third kappa shape index (κ3) is 4.07. The summed E-state index contributed by atoms with van der Waals surface area (Å²) in [4.78, 5) is 2.16. The second kappa shape index (κ2) is 7.22. The number of piperidine rings is 1. The molecule has 0 bridgehead atoms. The van der Waals surface area contributed by atoms with Crippen LogP contribution in [0.1, 0.15) is 12.8 Å². The fourth-order valence-corrected chi connectivity index (χ4v) is 3.86. The Bertz CT molecular complexity index is 1040. The summed E-state index contributed by atoms with van der Waals surface area (Å²) < 4.78 is 26.4. The van der Waals surface area contributed by atoms with Crippen molar-refractivity contribution in [2.24, 2.45) is 11.1 Å². The standard InChI is InChI=1S/C17H21N7O2S/c18-27(25,26)19-11-13-5-4-10-23(12-13)16-9-8-15-20-21-17(24(15)22-16)14-6-2-1-3-7-14/h1-3,6-9,13,19H,4-5,10-12H2,(H2,18,25,26). The van der Waals surface area contributed by atoms with Gasteiger partial charge in [0, 0.05) is 25.2 Å². The number of hydrogen-bond acceptors (Lipinski definition) is 6. The molecule has 3 aromatic rings. The van der Waals surface area contributed by atoms with Gasteiger partial charge < -0.3 is 4.90 Å². The Morgan fingerprint density at radius 3 is 2.74 bits per heavy atom. The first kappa shape index (κ1) is 17.8. The summed E-state index contributed by atoms with van der Waals surface area (Å²) >= 11 is 0. The summed E-state index contributed by atoms with van der Waals surface area (Å²) in [6, 6.07) is 13.6. The molecule has 9 nitrogen and oxygen atoms in total. The summed E-state index contributed by atoms with van der Waals surface area (Å²) in [6.07, 6.45) is 1.91. The van der Waals surface area contributed by atoms with Crippen molar-refractivity contribution in [1.29, 1.82) is 0 Å². The van der Waals surface area contributed by atoms with Crippen LogP contribution in [0.4, 0.5) is 5.82 Å². The molecule has 4 rings (SSSR count). The van der Waals surface area contributed by atoms with Gasteiger partial charge in [-0.05, 0) is 30.9 Å². The number of aromatic nitrogens is 4. The van der Waals surface area contributed by atoms with E-state index in [4.69, 9.17) is 10.2 Å². The summed E-state index contributed by atoms with van der Waals surface area (Å²) in [5, 5.41) is 18.2. The van der Waals surface area contributed by atoms with Crippen molar-refractivity contribution in [3.63, 3.8) is 0 Å². The predicted molar refractivity (Wildman–Crippen MR) is 102 cm³/mol. The molecule has 0 aliphatic carbocycles. The minimum atomic E-state index is -3.67. The van der Waals surface area contributed by atoms with E-state index in [2.05, 4.69) is 19.8 Å². The number of nitrogens with one attached hydrogen (secondary N) is 1. The van der Waals surface area contributed by atoms with Gasteiger partial charge in [-0.15, -0.1) is 15.3 Å². The highest BCUT2D eigenvalue weighted by Gasteiger charge is 2.22. The third-order valence-corrected chi connectivity index (χ3v) is 5.27. The summed E-state index contributed by atoms with van der Waals surface area (Å²) in [5.74, 6) is 1.70. The number of anilines is 1. The van der Waals surface area contributed by atoms with E-state index in [1.54, 1.807) is 4.52 Å². The van der Waals surface area contributed by atoms with E-state index >= 15 is 0 Å². The average molecular weight is 387 g/mol. The number of nitrogens with two attached hydrogens (primary N) is 1. The topological polar surface area (TPSA) is 119 Å². The van der Waals surface area contributed by atoms with Gasteiger partial charge in [0.05, 0.1) is 0 Å². The van der Waals surface area contributed by atoms with Crippen molar-refractivity contribution in [3.8, 4) is 11.4 Å². The van der Waals surface area contributed by atoms with Crippen LogP contribution >= 0.6 is 0 Å². The van der Waals surface area contributed by atoms with Crippen molar-refractivity contribution in [3.05, 3.63) is 42.5 Å². The Hall–Kier alpha value is -2.56. The van der Waals surface area contributed by atoms with Crippen LogP contribution in [0.2, 0.25) is 0 Å². The minimum Gasteiger partial charge on any atom is -0.355 e. The monoisotopic (exact) mass is 387 g/mol. The summed E-state index contributed by atoms with van der Waals surface area (Å²) in [5.41, 5.74) is 1.63. The molecule has 1 aliphatic heterocycles. The number of hydrogen-bond donors (Lipinski definition) is 2. The maximum Gasteiger partial charge on any atom is 0.274 e. The predicted octanol–water partition coefficient (Wildman–Crippen LogP) is 0.801. The Kier molecular flexibility index (Phi) is 4.77. The van der Waals surface area contributed by atoms with Crippen molar-refractivity contribution < 1.29 is 8.42 Å². The maximum absolute atomic E-state index is 11.1. The Labute approximate surface area is 157 Å². The van der Waals surface area contributed by atoms with E-state index < -0.39 is 10.2 Å². The molecule has 1 aliphatic rings. The van der Waals surface area contributed by atoms with Gasteiger partial charge in [0.1, 0.15) is 5.82 Å². The van der Waals surface area contributed by atoms with Gasteiger partial charge in [0.15, 0.2) is 11.5 Å². The smallest absolute Gasteiger partial charge is 0.274 e. The first-order chi connectivity index (χ1) is 13.0. The molecule has 1 fully saturated rings. The Morgan fingerprint density at radius 1 is 1.15 bits per heavy atom. The second-order valence-electron chi connectivity index (χ2n) is 6.70. The van der Waals surface area contributed by atoms with Crippen LogP contribution in [-0.2, 0) is 10.2 Å². The van der Waals surface area contributed by atoms with E-state index in [-0.39, 0.29) is 5.92 Å². The van der Waals surface area contributed by atoms with E-state index in [1.165, 1.54) is 0 Å². The second-order valence-corrected chi connectivity index (χ2v) is 8.08. The van der Waals surface area contributed by atoms with Gasteiger partial charge in [-0.1, -0.05) is 30.3 Å². The van der Waals surface area contributed by atoms with Crippen molar-refractivity contribution in [1.82, 2.24) is 24.5 Å². The van der Waals surface area contributed by atoms with Gasteiger partial charge in [0.25, 0.3) is 10.2 Å². The highest BCUT2D eigenvalue weighted by Crippen LogP contribution is 2.23. The highest BCUT2D eigenvalue weighted by molar-refractivity contribution is 7.87. The summed E-state index contributed by atoms with van der Waals surface area (Å²) in [6.45, 7) is 1.91. The molecular formula is C17H21N7O2S.